The summed E-state index contributed by atoms with van der Waals surface area (Å²) in [4.78, 5) is 11.7. The van der Waals surface area contributed by atoms with Crippen molar-refractivity contribution in [3.8, 4) is 0 Å². The smallest absolute Gasteiger partial charge is 0.416 e. The minimum absolute atomic E-state index is 0.0860. The third-order valence-corrected chi connectivity index (χ3v) is 5.01. The van der Waals surface area contributed by atoms with E-state index in [2.05, 4.69) is 10.0 Å². The Kier molecular flexibility index (Phi) is 5.14. The molecule has 1 aromatic heterocycles. The lowest BCUT2D eigenvalue weighted by atomic mass is 10.2. The van der Waals surface area contributed by atoms with Gasteiger partial charge >= 0.3 is 6.18 Å². The van der Waals surface area contributed by atoms with Gasteiger partial charge in [0.15, 0.2) is 5.76 Å². The lowest BCUT2D eigenvalue weighted by Gasteiger charge is -2.11. The number of anilines is 2. The second-order valence-electron chi connectivity index (χ2n) is 5.64. The van der Waals surface area contributed by atoms with E-state index in [4.69, 9.17) is 4.42 Å². The predicted octanol–water partition coefficient (Wildman–Crippen LogP) is 4.35. The molecule has 3 rings (SSSR count). The summed E-state index contributed by atoms with van der Waals surface area (Å²) in [6.45, 7) is 0. The van der Waals surface area contributed by atoms with Crippen LogP contribution in [0.25, 0.3) is 0 Å². The lowest BCUT2D eigenvalue weighted by molar-refractivity contribution is -0.137. The summed E-state index contributed by atoms with van der Waals surface area (Å²) in [7, 11) is -4.11. The van der Waals surface area contributed by atoms with Crippen LogP contribution in [0.15, 0.2) is 76.2 Å². The molecule has 0 unspecified atom stereocenters. The molecule has 0 aliphatic heterocycles. The highest BCUT2D eigenvalue weighted by Crippen LogP contribution is 2.31. The molecule has 1 amide bonds. The average Bonchev–Trinajstić information content (AvgIpc) is 3.16. The summed E-state index contributed by atoms with van der Waals surface area (Å²) >= 11 is 0. The van der Waals surface area contributed by atoms with Crippen LogP contribution in [0.2, 0.25) is 0 Å². The van der Waals surface area contributed by atoms with Crippen molar-refractivity contribution in [2.24, 2.45) is 0 Å². The Labute approximate surface area is 158 Å². The molecule has 3 aromatic rings. The minimum atomic E-state index is -4.59. The van der Waals surface area contributed by atoms with Crippen LogP contribution in [0.5, 0.6) is 0 Å². The maximum atomic E-state index is 12.8. The molecular formula is C18H13F3N2O4S. The number of sulfonamides is 1. The Morgan fingerprint density at radius 3 is 2.25 bits per heavy atom. The maximum absolute atomic E-state index is 12.8. The van der Waals surface area contributed by atoms with Crippen molar-refractivity contribution in [3.63, 3.8) is 0 Å². The fourth-order valence-electron chi connectivity index (χ4n) is 2.29. The van der Waals surface area contributed by atoms with E-state index in [1.807, 2.05) is 0 Å². The molecule has 0 aliphatic carbocycles. The number of hydrogen-bond donors (Lipinski definition) is 2. The second-order valence-corrected chi connectivity index (χ2v) is 7.32. The number of nitrogens with one attached hydrogen (secondary N) is 2. The van der Waals surface area contributed by atoms with Crippen LogP contribution in [-0.2, 0) is 16.2 Å². The highest BCUT2D eigenvalue weighted by Gasteiger charge is 2.30. The summed E-state index contributed by atoms with van der Waals surface area (Å²) in [5.41, 5.74) is -0.867. The van der Waals surface area contributed by atoms with Crippen molar-refractivity contribution in [2.45, 2.75) is 11.1 Å². The quantitative estimate of drug-likeness (QED) is 0.655. The number of amides is 1. The first-order valence-corrected chi connectivity index (χ1v) is 9.28. The van der Waals surface area contributed by atoms with E-state index >= 15 is 0 Å². The van der Waals surface area contributed by atoms with Gasteiger partial charge in [0.05, 0.1) is 16.7 Å². The molecule has 10 heteroatoms. The largest absolute Gasteiger partial charge is 0.459 e. The minimum Gasteiger partial charge on any atom is -0.459 e. The molecule has 146 valence electrons. The van der Waals surface area contributed by atoms with Gasteiger partial charge in [0.2, 0.25) is 0 Å². The van der Waals surface area contributed by atoms with Gasteiger partial charge in [-0.1, -0.05) is 6.07 Å². The van der Waals surface area contributed by atoms with Gasteiger partial charge in [-0.25, -0.2) is 8.42 Å². The van der Waals surface area contributed by atoms with Gasteiger partial charge in [-0.2, -0.15) is 13.2 Å². The third kappa shape index (κ3) is 4.52. The van der Waals surface area contributed by atoms with Crippen molar-refractivity contribution in [1.82, 2.24) is 0 Å². The zero-order valence-corrected chi connectivity index (χ0v) is 14.8. The Balaban J connectivity index is 1.75. The summed E-state index contributed by atoms with van der Waals surface area (Å²) < 4.78 is 70.1. The number of furan rings is 1. The Bertz CT molecular complexity index is 1080. The van der Waals surface area contributed by atoms with Crippen molar-refractivity contribution >= 4 is 27.3 Å². The molecule has 0 saturated heterocycles. The van der Waals surface area contributed by atoms with E-state index in [1.165, 1.54) is 42.7 Å². The van der Waals surface area contributed by atoms with Gasteiger partial charge < -0.3 is 9.73 Å². The molecule has 6 nitrogen and oxygen atoms in total. The molecule has 0 spiro atoms. The predicted molar refractivity (Wildman–Crippen MR) is 95.4 cm³/mol. The number of rotatable bonds is 5. The molecular weight excluding hydrogens is 397 g/mol. The lowest BCUT2D eigenvalue weighted by Crippen LogP contribution is -2.14. The molecule has 0 saturated carbocycles. The third-order valence-electron chi connectivity index (χ3n) is 3.61. The van der Waals surface area contributed by atoms with Gasteiger partial charge in [0, 0.05) is 11.4 Å². The zero-order chi connectivity index (χ0) is 20.4. The molecule has 0 radical (unpaired) electrons. The standard InChI is InChI=1S/C18H13F3N2O4S/c19-18(20,21)12-3-1-4-14(11-12)23-28(25,26)15-8-6-13(7-9-15)22-17(24)16-5-2-10-27-16/h1-11,23H,(H,22,24). The number of carbonyl (C=O) groups is 1. The SMILES string of the molecule is O=C(Nc1ccc(S(=O)(=O)Nc2cccc(C(F)(F)F)c2)cc1)c1ccco1. The molecule has 28 heavy (non-hydrogen) atoms. The van der Waals surface area contributed by atoms with E-state index < -0.39 is 27.7 Å². The van der Waals surface area contributed by atoms with Crippen molar-refractivity contribution < 1.29 is 30.8 Å². The number of halogens is 3. The van der Waals surface area contributed by atoms with E-state index in [1.54, 1.807) is 6.07 Å². The molecule has 0 atom stereocenters. The highest BCUT2D eigenvalue weighted by molar-refractivity contribution is 7.92. The molecule has 2 aromatic carbocycles. The molecule has 0 bridgehead atoms. The van der Waals surface area contributed by atoms with E-state index in [9.17, 15) is 26.4 Å². The summed E-state index contributed by atoms with van der Waals surface area (Å²) in [5, 5.41) is 2.52. The molecule has 1 heterocycles. The topological polar surface area (TPSA) is 88.4 Å². The fourth-order valence-corrected chi connectivity index (χ4v) is 3.34. The number of hydrogen-bond acceptors (Lipinski definition) is 4. The second kappa shape index (κ2) is 7.39. The van der Waals surface area contributed by atoms with E-state index in [0.717, 1.165) is 12.1 Å². The monoisotopic (exact) mass is 410 g/mol. The maximum Gasteiger partial charge on any atom is 0.416 e. The summed E-state index contributed by atoms with van der Waals surface area (Å²) in [6, 6.07) is 12.0. The summed E-state index contributed by atoms with van der Waals surface area (Å²) in [5.74, 6) is -0.425. The van der Waals surface area contributed by atoms with Gasteiger partial charge in [-0.3, -0.25) is 9.52 Å². The fraction of sp³-hybridized carbons (Fsp3) is 0.0556. The average molecular weight is 410 g/mol. The van der Waals surface area contributed by atoms with Crippen molar-refractivity contribution in [2.75, 3.05) is 10.0 Å². The van der Waals surface area contributed by atoms with Crippen LogP contribution >= 0.6 is 0 Å². The van der Waals surface area contributed by atoms with Crippen molar-refractivity contribution in [3.05, 3.63) is 78.3 Å². The zero-order valence-electron chi connectivity index (χ0n) is 14.0. The number of carbonyl (C=O) groups excluding carboxylic acids is 1. The van der Waals surface area contributed by atoms with Gasteiger partial charge in [0.1, 0.15) is 0 Å². The van der Waals surface area contributed by atoms with Crippen LogP contribution in [0, 0.1) is 0 Å². The molecule has 2 N–H and O–H groups in total. The van der Waals surface area contributed by atoms with E-state index in [-0.39, 0.29) is 16.3 Å². The van der Waals surface area contributed by atoms with Crippen molar-refractivity contribution in [1.29, 1.82) is 0 Å². The first-order valence-electron chi connectivity index (χ1n) is 7.80. The Morgan fingerprint density at radius 1 is 0.929 bits per heavy atom. The Hall–Kier alpha value is -3.27. The highest BCUT2D eigenvalue weighted by atomic mass is 32.2. The number of alkyl halides is 3. The van der Waals surface area contributed by atoms with E-state index in [0.29, 0.717) is 11.8 Å². The van der Waals surface area contributed by atoms with Crippen LogP contribution in [-0.4, -0.2) is 14.3 Å². The number of benzene rings is 2. The van der Waals surface area contributed by atoms with Gasteiger partial charge in [0.25, 0.3) is 15.9 Å². The van der Waals surface area contributed by atoms with Gasteiger partial charge in [-0.15, -0.1) is 0 Å². The van der Waals surface area contributed by atoms with Gasteiger partial charge in [-0.05, 0) is 54.6 Å². The Morgan fingerprint density at radius 2 is 1.64 bits per heavy atom. The first-order chi connectivity index (χ1) is 13.1. The molecule has 0 aliphatic rings. The molecule has 0 fully saturated rings. The van der Waals surface area contributed by atoms with Crippen LogP contribution in [0.3, 0.4) is 0 Å². The van der Waals surface area contributed by atoms with Crippen LogP contribution in [0.4, 0.5) is 24.5 Å². The first kappa shape index (κ1) is 19.5. The normalized spacial score (nSPS) is 11.8. The van der Waals surface area contributed by atoms with Crippen LogP contribution < -0.4 is 10.0 Å². The van der Waals surface area contributed by atoms with Crippen LogP contribution in [0.1, 0.15) is 16.1 Å². The summed E-state index contributed by atoms with van der Waals surface area (Å²) in [6.07, 6.45) is -3.25.